The first-order chi connectivity index (χ1) is 9.27. The molecule has 0 unspecified atom stereocenters. The molecule has 1 N–H and O–H groups in total. The van der Waals surface area contributed by atoms with Crippen LogP contribution in [0.25, 0.3) is 0 Å². The fourth-order valence-electron chi connectivity index (χ4n) is 1.57. The molecule has 0 bridgehead atoms. The Bertz CT molecular complexity index is 630. The Kier molecular flexibility index (Phi) is 3.47. The third-order valence-electron chi connectivity index (χ3n) is 2.57. The Hall–Kier alpha value is -2.38. The van der Waals surface area contributed by atoms with Crippen molar-refractivity contribution in [1.82, 2.24) is 10.2 Å². The summed E-state index contributed by atoms with van der Waals surface area (Å²) < 4.78 is 51.2. The van der Waals surface area contributed by atoms with E-state index in [1.54, 1.807) is 0 Å². The molecule has 20 heavy (non-hydrogen) atoms. The largest absolute Gasteiger partial charge is 0.506 e. The summed E-state index contributed by atoms with van der Waals surface area (Å²) in [5, 5.41) is 16.4. The van der Waals surface area contributed by atoms with Gasteiger partial charge in [0.05, 0.1) is 11.8 Å². The second-order valence-electron chi connectivity index (χ2n) is 4.03. The van der Waals surface area contributed by atoms with E-state index in [1.165, 1.54) is 18.0 Å². The van der Waals surface area contributed by atoms with E-state index in [0.29, 0.717) is 6.07 Å². The van der Waals surface area contributed by atoms with Gasteiger partial charge in [0.1, 0.15) is 11.6 Å². The molecule has 0 atom stereocenters. The number of rotatable bonds is 2. The predicted octanol–water partition coefficient (Wildman–Crippen LogP) is 3.11. The highest BCUT2D eigenvalue weighted by molar-refractivity contribution is 5.60. The summed E-state index contributed by atoms with van der Waals surface area (Å²) in [6.45, 7) is 0. The average molecular weight is 287 g/mol. The van der Waals surface area contributed by atoms with Crippen LogP contribution in [0.2, 0.25) is 0 Å². The molecular weight excluding hydrogens is 278 g/mol. The van der Waals surface area contributed by atoms with E-state index >= 15 is 0 Å². The van der Waals surface area contributed by atoms with Crippen LogP contribution in [0.15, 0.2) is 30.5 Å². The summed E-state index contributed by atoms with van der Waals surface area (Å²) in [5.41, 5.74) is -1.16. The Morgan fingerprint density at radius 3 is 2.45 bits per heavy atom. The van der Waals surface area contributed by atoms with Crippen LogP contribution in [-0.4, -0.2) is 22.4 Å². The highest BCUT2D eigenvalue weighted by atomic mass is 19.4. The zero-order chi connectivity index (χ0) is 14.9. The summed E-state index contributed by atoms with van der Waals surface area (Å²) in [5.74, 6) is -1.13. The molecule has 0 aliphatic carbocycles. The van der Waals surface area contributed by atoms with Gasteiger partial charge in [-0.3, -0.25) is 0 Å². The molecule has 1 aromatic heterocycles. The lowest BCUT2D eigenvalue weighted by molar-refractivity contribution is -0.137. The van der Waals surface area contributed by atoms with Crippen molar-refractivity contribution >= 4 is 11.5 Å². The first kappa shape index (κ1) is 14.0. The Labute approximate surface area is 111 Å². The number of benzene rings is 1. The third kappa shape index (κ3) is 2.95. The van der Waals surface area contributed by atoms with Gasteiger partial charge in [0.2, 0.25) is 0 Å². The maximum atomic E-state index is 13.3. The number of halogens is 4. The van der Waals surface area contributed by atoms with Gasteiger partial charge < -0.3 is 10.0 Å². The lowest BCUT2D eigenvalue weighted by Crippen LogP contribution is -2.14. The summed E-state index contributed by atoms with van der Waals surface area (Å²) in [6, 6.07) is 3.33. The summed E-state index contributed by atoms with van der Waals surface area (Å²) in [6.07, 6.45) is -3.58. The number of aromatic nitrogens is 2. The maximum Gasteiger partial charge on any atom is 0.416 e. The highest BCUT2D eigenvalue weighted by Gasteiger charge is 2.31. The van der Waals surface area contributed by atoms with Crippen molar-refractivity contribution in [3.63, 3.8) is 0 Å². The van der Waals surface area contributed by atoms with Crippen molar-refractivity contribution in [1.29, 1.82) is 0 Å². The number of aromatic hydroxyl groups is 1. The number of hydrogen-bond acceptors (Lipinski definition) is 4. The van der Waals surface area contributed by atoms with Crippen molar-refractivity contribution < 1.29 is 22.7 Å². The zero-order valence-electron chi connectivity index (χ0n) is 10.2. The molecule has 0 saturated heterocycles. The second kappa shape index (κ2) is 4.95. The lowest BCUT2D eigenvalue weighted by atomic mass is 10.1. The lowest BCUT2D eigenvalue weighted by Gasteiger charge is -2.19. The van der Waals surface area contributed by atoms with E-state index in [-0.39, 0.29) is 17.3 Å². The topological polar surface area (TPSA) is 49.2 Å². The van der Waals surface area contributed by atoms with Crippen LogP contribution in [0.3, 0.4) is 0 Å². The monoisotopic (exact) mass is 287 g/mol. The summed E-state index contributed by atoms with van der Waals surface area (Å²) in [7, 11) is 1.39. The van der Waals surface area contributed by atoms with E-state index in [0.717, 1.165) is 18.3 Å². The van der Waals surface area contributed by atoms with Gasteiger partial charge in [-0.2, -0.15) is 18.3 Å². The molecule has 4 nitrogen and oxygen atoms in total. The van der Waals surface area contributed by atoms with Crippen LogP contribution < -0.4 is 4.90 Å². The van der Waals surface area contributed by atoms with Crippen molar-refractivity contribution in [3.05, 3.63) is 41.8 Å². The predicted molar refractivity (Wildman–Crippen MR) is 63.2 cm³/mol. The van der Waals surface area contributed by atoms with Crippen LogP contribution in [0, 0.1) is 5.82 Å². The molecule has 2 aromatic rings. The van der Waals surface area contributed by atoms with Crippen LogP contribution in [0.4, 0.5) is 29.1 Å². The van der Waals surface area contributed by atoms with Gasteiger partial charge in [-0.15, -0.1) is 5.10 Å². The molecule has 0 spiro atoms. The van der Waals surface area contributed by atoms with E-state index in [2.05, 4.69) is 10.2 Å². The molecule has 8 heteroatoms. The quantitative estimate of drug-likeness (QED) is 0.862. The van der Waals surface area contributed by atoms with Gasteiger partial charge in [-0.1, -0.05) is 0 Å². The van der Waals surface area contributed by atoms with Crippen molar-refractivity contribution in [3.8, 4) is 5.75 Å². The smallest absolute Gasteiger partial charge is 0.416 e. The number of nitrogens with zero attached hydrogens (tertiary/aromatic N) is 3. The Balaban J connectivity index is 2.45. The highest BCUT2D eigenvalue weighted by Crippen LogP contribution is 2.34. The average Bonchev–Trinajstić information content (AvgIpc) is 2.36. The molecule has 1 aromatic carbocycles. The van der Waals surface area contributed by atoms with E-state index in [1.807, 2.05) is 0 Å². The summed E-state index contributed by atoms with van der Waals surface area (Å²) >= 11 is 0. The van der Waals surface area contributed by atoms with E-state index in [4.69, 9.17) is 0 Å². The molecular formula is C12H9F4N3O. The minimum absolute atomic E-state index is 0.0581. The van der Waals surface area contributed by atoms with Gasteiger partial charge in [0.15, 0.2) is 5.82 Å². The number of anilines is 2. The van der Waals surface area contributed by atoms with Crippen LogP contribution in [-0.2, 0) is 6.18 Å². The standard InChI is InChI=1S/C12H9F4N3O/c1-19(11-5-10(20)6-17-18-11)9-3-7(12(14,15)16)2-8(13)4-9/h2-6H,1H3,(H,18,20). The maximum absolute atomic E-state index is 13.3. The fourth-order valence-corrected chi connectivity index (χ4v) is 1.57. The molecule has 2 rings (SSSR count). The van der Waals surface area contributed by atoms with Crippen LogP contribution >= 0.6 is 0 Å². The Morgan fingerprint density at radius 1 is 1.15 bits per heavy atom. The van der Waals surface area contributed by atoms with Gasteiger partial charge in [0.25, 0.3) is 0 Å². The van der Waals surface area contributed by atoms with Crippen LogP contribution in [0.1, 0.15) is 5.56 Å². The van der Waals surface area contributed by atoms with E-state index < -0.39 is 17.6 Å². The summed E-state index contributed by atoms with van der Waals surface area (Å²) in [4.78, 5) is 1.19. The minimum Gasteiger partial charge on any atom is -0.506 e. The molecule has 0 aliphatic heterocycles. The van der Waals surface area contributed by atoms with E-state index in [9.17, 15) is 22.7 Å². The van der Waals surface area contributed by atoms with Gasteiger partial charge in [0, 0.05) is 18.8 Å². The van der Waals surface area contributed by atoms with Crippen molar-refractivity contribution in [2.24, 2.45) is 0 Å². The minimum atomic E-state index is -4.65. The molecule has 0 amide bonds. The fraction of sp³-hybridized carbons (Fsp3) is 0.167. The second-order valence-corrected chi connectivity index (χ2v) is 4.03. The third-order valence-corrected chi connectivity index (χ3v) is 2.57. The first-order valence-electron chi connectivity index (χ1n) is 5.40. The van der Waals surface area contributed by atoms with Gasteiger partial charge in [-0.05, 0) is 18.2 Å². The molecule has 0 fully saturated rings. The number of alkyl halides is 3. The van der Waals surface area contributed by atoms with Gasteiger partial charge >= 0.3 is 6.18 Å². The molecule has 106 valence electrons. The molecule has 0 radical (unpaired) electrons. The molecule has 0 saturated carbocycles. The van der Waals surface area contributed by atoms with Gasteiger partial charge in [-0.25, -0.2) is 4.39 Å². The van der Waals surface area contributed by atoms with Crippen molar-refractivity contribution in [2.75, 3.05) is 11.9 Å². The first-order valence-corrected chi connectivity index (χ1v) is 5.40. The Morgan fingerprint density at radius 2 is 1.85 bits per heavy atom. The molecule has 1 heterocycles. The zero-order valence-corrected chi connectivity index (χ0v) is 10.2. The normalized spacial score (nSPS) is 11.4. The van der Waals surface area contributed by atoms with Crippen LogP contribution in [0.5, 0.6) is 5.75 Å². The SMILES string of the molecule is CN(c1cc(F)cc(C(F)(F)F)c1)c1cc(O)cnn1. The van der Waals surface area contributed by atoms with Crippen molar-refractivity contribution in [2.45, 2.75) is 6.18 Å². The number of hydrogen-bond donors (Lipinski definition) is 1. The molecule has 0 aliphatic rings.